The van der Waals surface area contributed by atoms with E-state index in [9.17, 15) is 8.78 Å². The molecule has 1 saturated heterocycles. The highest BCUT2D eigenvalue weighted by molar-refractivity contribution is 6.13. The van der Waals surface area contributed by atoms with Gasteiger partial charge in [-0.15, -0.1) is 0 Å². The topological polar surface area (TPSA) is 12.0 Å². The summed E-state index contributed by atoms with van der Waals surface area (Å²) < 4.78 is 26.8. The molecule has 0 aromatic carbocycles. The largest absolute Gasteiger partial charge is 0.326 e. The first-order valence-corrected chi connectivity index (χ1v) is 6.15. The second-order valence-electron chi connectivity index (χ2n) is 5.87. The highest BCUT2D eigenvalue weighted by Gasteiger charge is 2.41. The van der Waals surface area contributed by atoms with E-state index in [1.54, 1.807) is 0 Å². The van der Waals surface area contributed by atoms with Gasteiger partial charge in [0.1, 0.15) is 0 Å². The van der Waals surface area contributed by atoms with E-state index in [2.05, 4.69) is 11.9 Å². The van der Waals surface area contributed by atoms with Crippen LogP contribution in [0.4, 0.5) is 8.78 Å². The number of rotatable bonds is 4. The van der Waals surface area contributed by atoms with Gasteiger partial charge < -0.3 is 4.48 Å². The fourth-order valence-corrected chi connectivity index (χ4v) is 2.02. The highest BCUT2D eigenvalue weighted by atomic mass is 35.5. The van der Waals surface area contributed by atoms with Gasteiger partial charge >= 0.3 is 0 Å². The monoisotopic (exact) mass is 255 g/mol. The Bertz CT molecular complexity index is 234. The molecule has 0 unspecified atom stereocenters. The van der Waals surface area contributed by atoms with Gasteiger partial charge in [-0.25, -0.2) is 13.6 Å². The molecular formula is C11H22ClF2N2+. The van der Waals surface area contributed by atoms with E-state index < -0.39 is 5.92 Å². The van der Waals surface area contributed by atoms with Crippen LogP contribution in [0.15, 0.2) is 0 Å². The number of quaternary nitrogens is 1. The van der Waals surface area contributed by atoms with E-state index in [-0.39, 0.29) is 18.4 Å². The smallest absolute Gasteiger partial charge is 0.258 e. The van der Waals surface area contributed by atoms with Gasteiger partial charge in [-0.2, -0.15) is 0 Å². The van der Waals surface area contributed by atoms with E-state index >= 15 is 0 Å². The number of nitrogens with zero attached hydrogens (tertiary/aromatic N) is 1. The van der Waals surface area contributed by atoms with E-state index in [4.69, 9.17) is 11.8 Å². The number of halogens is 3. The third-order valence-electron chi connectivity index (χ3n) is 3.57. The molecule has 0 saturated carbocycles. The molecular weight excluding hydrogens is 234 g/mol. The zero-order valence-corrected chi connectivity index (χ0v) is 11.1. The fourth-order valence-electron chi connectivity index (χ4n) is 1.92. The van der Waals surface area contributed by atoms with Crippen molar-refractivity contribution in [3.63, 3.8) is 0 Å². The van der Waals surface area contributed by atoms with Gasteiger partial charge in [-0.05, 0) is 25.6 Å². The zero-order chi connectivity index (χ0) is 12.4. The van der Waals surface area contributed by atoms with Crippen molar-refractivity contribution in [2.75, 3.05) is 26.7 Å². The molecule has 0 radical (unpaired) electrons. The molecule has 0 bridgehead atoms. The second kappa shape index (κ2) is 4.75. The Morgan fingerprint density at radius 3 is 2.25 bits per heavy atom. The Hall–Kier alpha value is 0.0700. The molecule has 0 atom stereocenters. The SMILES string of the molecule is CC(C)(CC[N+]1(C)CCC(F)(F)CC1)NCl. The van der Waals surface area contributed by atoms with Crippen LogP contribution in [-0.4, -0.2) is 42.6 Å². The summed E-state index contributed by atoms with van der Waals surface area (Å²) in [5.74, 6) is -2.45. The fraction of sp³-hybridized carbons (Fsp3) is 1.00. The van der Waals surface area contributed by atoms with Crippen LogP contribution in [0.25, 0.3) is 0 Å². The summed E-state index contributed by atoms with van der Waals surface area (Å²) in [5, 5.41) is 0. The Morgan fingerprint density at radius 1 is 1.31 bits per heavy atom. The minimum atomic E-state index is -2.45. The normalized spacial score (nSPS) is 24.4. The maximum Gasteiger partial charge on any atom is 0.258 e. The van der Waals surface area contributed by atoms with Crippen molar-refractivity contribution in [3.05, 3.63) is 0 Å². The van der Waals surface area contributed by atoms with Crippen molar-refractivity contribution in [2.45, 2.75) is 44.6 Å². The van der Waals surface area contributed by atoms with Crippen molar-refractivity contribution < 1.29 is 13.3 Å². The van der Waals surface area contributed by atoms with Crippen LogP contribution in [0, 0.1) is 0 Å². The van der Waals surface area contributed by atoms with Crippen LogP contribution in [0.2, 0.25) is 0 Å². The summed E-state index contributed by atoms with van der Waals surface area (Å²) in [6, 6.07) is 0. The van der Waals surface area contributed by atoms with Gasteiger partial charge in [0.25, 0.3) is 5.92 Å². The minimum absolute atomic E-state index is 0.0121. The molecule has 1 aliphatic heterocycles. The Kier molecular flexibility index (Phi) is 4.19. The van der Waals surface area contributed by atoms with Crippen molar-refractivity contribution >= 4 is 11.8 Å². The second-order valence-corrected chi connectivity index (χ2v) is 6.06. The maximum absolute atomic E-state index is 13.0. The molecule has 0 aromatic rings. The number of alkyl halides is 2. The lowest BCUT2D eigenvalue weighted by Crippen LogP contribution is -2.54. The summed E-state index contributed by atoms with van der Waals surface area (Å²) in [6.45, 7) is 6.05. The Morgan fingerprint density at radius 2 is 1.81 bits per heavy atom. The first-order chi connectivity index (χ1) is 7.18. The standard InChI is InChI=1S/C11H22ClF2N2/c1-10(2,15-12)4-7-16(3)8-5-11(13,14)6-9-16/h15H,4-9H2,1-3H3/q+1. The third kappa shape index (κ3) is 4.15. The van der Waals surface area contributed by atoms with Gasteiger partial charge in [0, 0.05) is 12.0 Å². The molecule has 16 heavy (non-hydrogen) atoms. The number of piperidine rings is 1. The van der Waals surface area contributed by atoms with Crippen LogP contribution < -0.4 is 4.84 Å². The van der Waals surface area contributed by atoms with Crippen LogP contribution in [0.3, 0.4) is 0 Å². The summed E-state index contributed by atoms with van der Waals surface area (Å²) in [5.41, 5.74) is -0.136. The number of hydrogen-bond acceptors (Lipinski definition) is 1. The lowest BCUT2D eigenvalue weighted by molar-refractivity contribution is -0.917. The van der Waals surface area contributed by atoms with Gasteiger partial charge in [0.2, 0.25) is 0 Å². The number of nitrogens with one attached hydrogen (secondary N) is 1. The lowest BCUT2D eigenvalue weighted by atomic mass is 9.98. The molecule has 1 rings (SSSR count). The molecule has 0 aromatic heterocycles. The van der Waals surface area contributed by atoms with Crippen LogP contribution in [0.1, 0.15) is 33.1 Å². The highest BCUT2D eigenvalue weighted by Crippen LogP contribution is 2.31. The third-order valence-corrected chi connectivity index (χ3v) is 4.08. The van der Waals surface area contributed by atoms with Gasteiger partial charge in [0.05, 0.1) is 39.5 Å². The van der Waals surface area contributed by atoms with Crippen LogP contribution >= 0.6 is 11.8 Å². The van der Waals surface area contributed by atoms with Gasteiger partial charge in [-0.3, -0.25) is 0 Å². The average Bonchev–Trinajstić information content (AvgIpc) is 2.21. The van der Waals surface area contributed by atoms with Gasteiger partial charge in [0.15, 0.2) is 0 Å². The molecule has 1 aliphatic rings. The molecule has 5 heteroatoms. The van der Waals surface area contributed by atoms with E-state index in [0.717, 1.165) is 17.4 Å². The predicted molar refractivity (Wildman–Crippen MR) is 62.7 cm³/mol. The molecule has 1 fully saturated rings. The van der Waals surface area contributed by atoms with Crippen molar-refractivity contribution in [3.8, 4) is 0 Å². The maximum atomic E-state index is 13.0. The van der Waals surface area contributed by atoms with E-state index in [1.807, 2.05) is 13.8 Å². The quantitative estimate of drug-likeness (QED) is 0.602. The molecule has 96 valence electrons. The average molecular weight is 256 g/mol. The summed E-state index contributed by atoms with van der Waals surface area (Å²) >= 11 is 5.62. The Balaban J connectivity index is 2.43. The number of hydrogen-bond donors (Lipinski definition) is 1. The summed E-state index contributed by atoms with van der Waals surface area (Å²) in [4.78, 5) is 2.73. The number of likely N-dealkylation sites (tertiary alicyclic amines) is 1. The molecule has 1 heterocycles. The molecule has 0 spiro atoms. The van der Waals surface area contributed by atoms with E-state index in [1.165, 1.54) is 0 Å². The lowest BCUT2D eigenvalue weighted by Gasteiger charge is -2.41. The molecule has 2 nitrogen and oxygen atoms in total. The molecule has 1 N–H and O–H groups in total. The van der Waals surface area contributed by atoms with Crippen molar-refractivity contribution in [1.29, 1.82) is 0 Å². The molecule has 0 amide bonds. The zero-order valence-electron chi connectivity index (χ0n) is 10.3. The first-order valence-electron chi connectivity index (χ1n) is 5.77. The minimum Gasteiger partial charge on any atom is -0.326 e. The van der Waals surface area contributed by atoms with Crippen molar-refractivity contribution in [2.24, 2.45) is 0 Å². The van der Waals surface area contributed by atoms with Crippen LogP contribution in [0.5, 0.6) is 0 Å². The Labute approximate surface area is 102 Å². The van der Waals surface area contributed by atoms with Gasteiger partial charge in [-0.1, -0.05) is 0 Å². The van der Waals surface area contributed by atoms with E-state index in [0.29, 0.717) is 13.1 Å². The summed E-state index contributed by atoms with van der Waals surface area (Å²) in [7, 11) is 2.06. The summed E-state index contributed by atoms with van der Waals surface area (Å²) in [6.07, 6.45) is 0.912. The van der Waals surface area contributed by atoms with Crippen molar-refractivity contribution in [1.82, 2.24) is 4.84 Å². The predicted octanol–water partition coefficient (Wildman–Crippen LogP) is 2.77. The first kappa shape index (κ1) is 14.1. The molecule has 0 aliphatic carbocycles. The van der Waals surface area contributed by atoms with Crippen LogP contribution in [-0.2, 0) is 0 Å².